The highest BCUT2D eigenvalue weighted by Gasteiger charge is 2.01. The van der Waals surface area contributed by atoms with Crippen LogP contribution in [0.5, 0.6) is 11.5 Å². The Hall–Kier alpha value is -1.82. The van der Waals surface area contributed by atoms with Gasteiger partial charge in [-0.15, -0.1) is 0 Å². The lowest BCUT2D eigenvalue weighted by atomic mass is 10.2. The summed E-state index contributed by atoms with van der Waals surface area (Å²) in [5.41, 5.74) is 3.50. The quantitative estimate of drug-likeness (QED) is 0.439. The zero-order valence-electron chi connectivity index (χ0n) is 10.6. The van der Waals surface area contributed by atoms with E-state index in [-0.39, 0.29) is 11.8 Å². The summed E-state index contributed by atoms with van der Waals surface area (Å²) in [4.78, 5) is 0. The molecule has 1 aromatic rings. The van der Waals surface area contributed by atoms with Crippen LogP contribution in [-0.2, 0) is 0 Å². The topological polar surface area (TPSA) is 65.9 Å². The van der Waals surface area contributed by atoms with Gasteiger partial charge in [-0.1, -0.05) is 0 Å². The predicted octanol–water partition coefficient (Wildman–Crippen LogP) is 1.61. The molecule has 0 aliphatic heterocycles. The zero-order chi connectivity index (χ0) is 13.5. The second kappa shape index (κ2) is 6.80. The molecule has 0 spiro atoms. The van der Waals surface area contributed by atoms with Gasteiger partial charge in [-0.3, -0.25) is 5.43 Å². The number of thiocarbonyl (C=S) groups is 1. The van der Waals surface area contributed by atoms with Crippen molar-refractivity contribution < 1.29 is 9.84 Å². The number of aromatic hydroxyl groups is 1. The number of rotatable bonds is 4. The van der Waals surface area contributed by atoms with Crippen LogP contribution in [0, 0.1) is 0 Å². The number of methoxy groups -OCH3 is 1. The SMILES string of the molecule is COc1cc(C=NNC(=S)NC(C)C)ccc1O. The fourth-order valence-electron chi connectivity index (χ4n) is 1.23. The largest absolute Gasteiger partial charge is 0.504 e. The van der Waals surface area contributed by atoms with Crippen LogP contribution in [-0.4, -0.2) is 29.6 Å². The molecule has 6 heteroatoms. The number of hydrazone groups is 1. The van der Waals surface area contributed by atoms with Crippen LogP contribution in [0.3, 0.4) is 0 Å². The summed E-state index contributed by atoms with van der Waals surface area (Å²) in [6, 6.07) is 5.21. The molecule has 0 fully saturated rings. The molecule has 18 heavy (non-hydrogen) atoms. The van der Waals surface area contributed by atoms with Crippen molar-refractivity contribution in [2.75, 3.05) is 7.11 Å². The molecule has 0 unspecified atom stereocenters. The molecule has 0 aliphatic carbocycles. The number of nitrogens with zero attached hydrogens (tertiary/aromatic N) is 1. The molecule has 0 atom stereocenters. The minimum absolute atomic E-state index is 0.0969. The van der Waals surface area contributed by atoms with Crippen molar-refractivity contribution in [3.05, 3.63) is 23.8 Å². The molecule has 3 N–H and O–H groups in total. The van der Waals surface area contributed by atoms with Gasteiger partial charge in [0.1, 0.15) is 0 Å². The first kappa shape index (κ1) is 14.2. The molecule has 0 aromatic heterocycles. The van der Waals surface area contributed by atoms with Gasteiger partial charge >= 0.3 is 0 Å². The Labute approximate surface area is 112 Å². The monoisotopic (exact) mass is 267 g/mol. The Kier molecular flexibility index (Phi) is 5.38. The molecule has 1 rings (SSSR count). The van der Waals surface area contributed by atoms with Crippen molar-refractivity contribution in [3.63, 3.8) is 0 Å². The van der Waals surface area contributed by atoms with E-state index in [1.54, 1.807) is 24.4 Å². The van der Waals surface area contributed by atoms with Gasteiger partial charge < -0.3 is 15.2 Å². The van der Waals surface area contributed by atoms with Crippen molar-refractivity contribution in [1.29, 1.82) is 0 Å². The summed E-state index contributed by atoms with van der Waals surface area (Å²) in [5, 5.41) is 16.9. The van der Waals surface area contributed by atoms with Crippen LogP contribution in [0.4, 0.5) is 0 Å². The Bertz CT molecular complexity index is 447. The second-order valence-electron chi connectivity index (χ2n) is 3.93. The Morgan fingerprint density at radius 3 is 2.83 bits per heavy atom. The van der Waals surface area contributed by atoms with Crippen LogP contribution in [0.1, 0.15) is 19.4 Å². The molecule has 0 aliphatic rings. The summed E-state index contributed by atoms with van der Waals surface area (Å²) in [5.74, 6) is 0.501. The van der Waals surface area contributed by atoms with E-state index in [9.17, 15) is 5.11 Å². The summed E-state index contributed by atoms with van der Waals surface area (Å²) < 4.78 is 5.00. The molecule has 0 heterocycles. The fourth-order valence-corrected chi connectivity index (χ4v) is 1.52. The van der Waals surface area contributed by atoms with Gasteiger partial charge in [-0.05, 0) is 49.8 Å². The lowest BCUT2D eigenvalue weighted by Crippen LogP contribution is -2.36. The maximum Gasteiger partial charge on any atom is 0.187 e. The molecule has 0 saturated heterocycles. The molecular weight excluding hydrogens is 250 g/mol. The van der Waals surface area contributed by atoms with E-state index in [1.165, 1.54) is 7.11 Å². The van der Waals surface area contributed by atoms with Crippen LogP contribution in [0.15, 0.2) is 23.3 Å². The number of benzene rings is 1. The summed E-state index contributed by atoms with van der Waals surface area (Å²) in [6.45, 7) is 3.98. The number of hydrogen-bond donors (Lipinski definition) is 3. The van der Waals surface area contributed by atoms with E-state index in [0.717, 1.165) is 5.56 Å². The van der Waals surface area contributed by atoms with Crippen molar-refractivity contribution in [1.82, 2.24) is 10.7 Å². The Morgan fingerprint density at radius 2 is 2.22 bits per heavy atom. The minimum atomic E-state index is 0.0969. The lowest BCUT2D eigenvalue weighted by molar-refractivity contribution is 0.373. The van der Waals surface area contributed by atoms with Gasteiger partial charge in [0, 0.05) is 6.04 Å². The van der Waals surface area contributed by atoms with Gasteiger partial charge in [0.05, 0.1) is 13.3 Å². The highest BCUT2D eigenvalue weighted by atomic mass is 32.1. The van der Waals surface area contributed by atoms with Crippen LogP contribution >= 0.6 is 12.2 Å². The van der Waals surface area contributed by atoms with E-state index in [4.69, 9.17) is 17.0 Å². The number of hydrogen-bond acceptors (Lipinski definition) is 4. The molecule has 1 aromatic carbocycles. The zero-order valence-corrected chi connectivity index (χ0v) is 11.4. The highest BCUT2D eigenvalue weighted by molar-refractivity contribution is 7.80. The van der Waals surface area contributed by atoms with Crippen molar-refractivity contribution in [2.24, 2.45) is 5.10 Å². The average molecular weight is 267 g/mol. The summed E-state index contributed by atoms with van der Waals surface area (Å²) in [6.07, 6.45) is 1.59. The smallest absolute Gasteiger partial charge is 0.187 e. The molecule has 98 valence electrons. The van der Waals surface area contributed by atoms with Crippen molar-refractivity contribution in [2.45, 2.75) is 19.9 Å². The maximum absolute atomic E-state index is 9.43. The van der Waals surface area contributed by atoms with E-state index in [2.05, 4.69) is 15.8 Å². The van der Waals surface area contributed by atoms with E-state index < -0.39 is 0 Å². The number of nitrogens with one attached hydrogen (secondary N) is 2. The first-order valence-electron chi connectivity index (χ1n) is 5.49. The number of phenols is 1. The molecule has 0 bridgehead atoms. The molecule has 0 saturated carbocycles. The molecule has 5 nitrogen and oxygen atoms in total. The Balaban J connectivity index is 2.59. The fraction of sp³-hybridized carbons (Fsp3) is 0.333. The van der Waals surface area contributed by atoms with E-state index >= 15 is 0 Å². The minimum Gasteiger partial charge on any atom is -0.504 e. The van der Waals surface area contributed by atoms with Gasteiger partial charge in [-0.2, -0.15) is 5.10 Å². The summed E-state index contributed by atoms with van der Waals surface area (Å²) in [7, 11) is 1.50. The third-order valence-electron chi connectivity index (χ3n) is 2.00. The normalized spacial score (nSPS) is 10.7. The van der Waals surface area contributed by atoms with Gasteiger partial charge in [0.15, 0.2) is 16.6 Å². The van der Waals surface area contributed by atoms with Gasteiger partial charge in [0.2, 0.25) is 0 Å². The van der Waals surface area contributed by atoms with Crippen molar-refractivity contribution >= 4 is 23.5 Å². The summed E-state index contributed by atoms with van der Waals surface area (Å²) >= 11 is 5.01. The van der Waals surface area contributed by atoms with Crippen LogP contribution in [0.25, 0.3) is 0 Å². The van der Waals surface area contributed by atoms with Crippen molar-refractivity contribution in [3.8, 4) is 11.5 Å². The van der Waals surface area contributed by atoms with Crippen LogP contribution < -0.4 is 15.5 Å². The highest BCUT2D eigenvalue weighted by Crippen LogP contribution is 2.25. The third-order valence-corrected chi connectivity index (χ3v) is 2.21. The van der Waals surface area contributed by atoms with Gasteiger partial charge in [-0.25, -0.2) is 0 Å². The van der Waals surface area contributed by atoms with E-state index in [0.29, 0.717) is 10.9 Å². The number of phenolic OH excluding ortho intramolecular Hbond substituents is 1. The predicted molar refractivity (Wildman–Crippen MR) is 76.3 cm³/mol. The second-order valence-corrected chi connectivity index (χ2v) is 4.34. The average Bonchev–Trinajstić information content (AvgIpc) is 2.30. The standard InChI is InChI=1S/C12H17N3O2S/c1-8(2)14-12(18)15-13-7-9-4-5-10(16)11(6-9)17-3/h4-8,16H,1-3H3,(H2,14,15,18). The third kappa shape index (κ3) is 4.58. The number of ether oxygens (including phenoxy) is 1. The first-order valence-corrected chi connectivity index (χ1v) is 5.90. The first-order chi connectivity index (χ1) is 8.52. The van der Waals surface area contributed by atoms with Gasteiger partial charge in [0.25, 0.3) is 0 Å². The molecule has 0 radical (unpaired) electrons. The Morgan fingerprint density at radius 1 is 1.50 bits per heavy atom. The van der Waals surface area contributed by atoms with E-state index in [1.807, 2.05) is 13.8 Å². The molecule has 0 amide bonds. The lowest BCUT2D eigenvalue weighted by Gasteiger charge is -2.09. The molecular formula is C12H17N3O2S. The van der Waals surface area contributed by atoms with Crippen LogP contribution in [0.2, 0.25) is 0 Å². The maximum atomic E-state index is 9.43.